The molecule has 3 nitrogen and oxygen atoms in total. The molecule has 0 saturated heterocycles. The first-order chi connectivity index (χ1) is 11.0. The summed E-state index contributed by atoms with van der Waals surface area (Å²) in [6, 6.07) is 10.6. The minimum Gasteiger partial charge on any atom is -0.507 e. The summed E-state index contributed by atoms with van der Waals surface area (Å²) >= 11 is 0. The van der Waals surface area contributed by atoms with Crippen molar-refractivity contribution < 1.29 is 14.6 Å². The average molecular weight is 328 g/mol. The van der Waals surface area contributed by atoms with Crippen LogP contribution in [-0.2, 0) is 4.79 Å². The van der Waals surface area contributed by atoms with E-state index >= 15 is 0 Å². The molecule has 24 heavy (non-hydrogen) atoms. The molecule has 0 radical (unpaired) electrons. The maximum absolute atomic E-state index is 12.9. The quantitative estimate of drug-likeness (QED) is 0.593. The van der Waals surface area contributed by atoms with Crippen molar-refractivity contribution in [3.05, 3.63) is 36.4 Å². The largest absolute Gasteiger partial charge is 0.507 e. The third-order valence-electron chi connectivity index (χ3n) is 4.22. The van der Waals surface area contributed by atoms with E-state index < -0.39 is 0 Å². The molecule has 1 unspecified atom stereocenters. The second-order valence-electron chi connectivity index (χ2n) is 8.73. The maximum Gasteiger partial charge on any atom is 0.314 e. The van der Waals surface area contributed by atoms with E-state index in [0.717, 1.165) is 11.8 Å². The van der Waals surface area contributed by atoms with E-state index in [1.54, 1.807) is 24.3 Å². The number of esters is 1. The number of hydrogen-bond acceptors (Lipinski definition) is 3. The highest BCUT2D eigenvalue weighted by Gasteiger charge is 2.36. The van der Waals surface area contributed by atoms with Gasteiger partial charge in [-0.1, -0.05) is 65.8 Å². The number of hydrogen-bond donors (Lipinski definition) is 1. The Morgan fingerprint density at radius 2 is 1.58 bits per heavy atom. The molecular weight excluding hydrogens is 300 g/mol. The van der Waals surface area contributed by atoms with Crippen molar-refractivity contribution in [1.29, 1.82) is 0 Å². The third-order valence-corrected chi connectivity index (χ3v) is 4.22. The van der Waals surface area contributed by atoms with Gasteiger partial charge in [-0.15, -0.1) is 0 Å². The first kappa shape index (κ1) is 18.3. The number of ether oxygens (including phenoxy) is 1. The molecule has 1 N–H and O–H groups in total. The van der Waals surface area contributed by atoms with Crippen LogP contribution in [0.1, 0.15) is 48.0 Å². The Morgan fingerprint density at radius 3 is 2.17 bits per heavy atom. The van der Waals surface area contributed by atoms with Gasteiger partial charge >= 0.3 is 5.97 Å². The van der Waals surface area contributed by atoms with E-state index in [1.807, 2.05) is 12.1 Å². The monoisotopic (exact) mass is 328 g/mol. The highest BCUT2D eigenvalue weighted by atomic mass is 16.5. The van der Waals surface area contributed by atoms with Gasteiger partial charge in [-0.3, -0.25) is 4.79 Å². The highest BCUT2D eigenvalue weighted by Crippen LogP contribution is 2.38. The fraction of sp³-hybridized carbons (Fsp3) is 0.476. The number of fused-ring (bicyclic) bond motifs is 1. The zero-order valence-corrected chi connectivity index (χ0v) is 15.5. The summed E-state index contributed by atoms with van der Waals surface area (Å²) in [6.45, 7) is 12.6. The molecule has 1 atom stereocenters. The average Bonchev–Trinajstić information content (AvgIpc) is 2.44. The van der Waals surface area contributed by atoms with Crippen LogP contribution in [-0.4, -0.2) is 11.1 Å². The summed E-state index contributed by atoms with van der Waals surface area (Å²) in [6.07, 6.45) is 0.755. The van der Waals surface area contributed by atoms with E-state index in [-0.39, 0.29) is 28.5 Å². The first-order valence-electron chi connectivity index (χ1n) is 8.41. The van der Waals surface area contributed by atoms with Crippen LogP contribution in [0, 0.1) is 16.7 Å². The number of phenols is 1. The van der Waals surface area contributed by atoms with Crippen LogP contribution in [0.5, 0.6) is 11.5 Å². The molecule has 0 fully saturated rings. The Balaban J connectivity index is 2.35. The predicted octanol–water partition coefficient (Wildman–Crippen LogP) is 5.55. The Hall–Kier alpha value is -2.03. The van der Waals surface area contributed by atoms with Gasteiger partial charge in [0, 0.05) is 10.8 Å². The maximum atomic E-state index is 12.9. The van der Waals surface area contributed by atoms with E-state index in [2.05, 4.69) is 41.5 Å². The summed E-state index contributed by atoms with van der Waals surface area (Å²) in [7, 11) is 0. The van der Waals surface area contributed by atoms with E-state index in [9.17, 15) is 9.90 Å². The Kier molecular flexibility index (Phi) is 4.93. The summed E-state index contributed by atoms with van der Waals surface area (Å²) in [5.41, 5.74) is -0.148. The second kappa shape index (κ2) is 6.46. The summed E-state index contributed by atoms with van der Waals surface area (Å²) in [4.78, 5) is 12.9. The Labute approximate surface area is 144 Å². The molecule has 2 rings (SSSR count). The number of carbonyl (C=O) groups is 1. The predicted molar refractivity (Wildman–Crippen MR) is 98.3 cm³/mol. The smallest absolute Gasteiger partial charge is 0.314 e. The Bertz CT molecular complexity index is 733. The number of aromatic hydroxyl groups is 1. The van der Waals surface area contributed by atoms with Crippen molar-refractivity contribution in [2.75, 3.05) is 0 Å². The molecule has 0 amide bonds. The van der Waals surface area contributed by atoms with Crippen LogP contribution < -0.4 is 4.74 Å². The van der Waals surface area contributed by atoms with Crippen LogP contribution in [0.25, 0.3) is 10.8 Å². The molecular formula is C21H28O3. The van der Waals surface area contributed by atoms with Crippen molar-refractivity contribution in [2.45, 2.75) is 48.0 Å². The number of benzene rings is 2. The lowest BCUT2D eigenvalue weighted by Crippen LogP contribution is -2.35. The zero-order valence-electron chi connectivity index (χ0n) is 15.5. The SMILES string of the molecule is CC(C)(C)CC(C(=O)Oc1cccc2c(O)cccc12)C(C)(C)C. The minimum absolute atomic E-state index is 0.0357. The van der Waals surface area contributed by atoms with E-state index in [1.165, 1.54) is 0 Å². The Morgan fingerprint density at radius 1 is 1.00 bits per heavy atom. The molecule has 2 aromatic carbocycles. The van der Waals surface area contributed by atoms with Gasteiger partial charge in [-0.25, -0.2) is 0 Å². The molecule has 3 heteroatoms. The summed E-state index contributed by atoms with van der Waals surface area (Å²) in [5.74, 6) is 0.266. The van der Waals surface area contributed by atoms with Crippen molar-refractivity contribution in [2.24, 2.45) is 16.7 Å². The second-order valence-corrected chi connectivity index (χ2v) is 8.73. The van der Waals surface area contributed by atoms with Crippen LogP contribution in [0.3, 0.4) is 0 Å². The standard InChI is InChI=1S/C21H28O3/c1-20(2,3)13-16(21(4,5)6)19(23)24-18-12-8-9-14-15(18)10-7-11-17(14)22/h7-12,16,22H,13H2,1-6H3. The molecule has 0 aromatic heterocycles. The van der Waals surface area contributed by atoms with E-state index in [0.29, 0.717) is 11.1 Å². The zero-order chi connectivity index (χ0) is 18.1. The van der Waals surface area contributed by atoms with Gasteiger partial charge in [-0.05, 0) is 29.4 Å². The van der Waals surface area contributed by atoms with Gasteiger partial charge < -0.3 is 9.84 Å². The molecule has 0 saturated carbocycles. The number of rotatable bonds is 3. The van der Waals surface area contributed by atoms with Crippen LogP contribution in [0.4, 0.5) is 0 Å². The molecule has 0 aliphatic rings. The van der Waals surface area contributed by atoms with Crippen molar-refractivity contribution in [3.63, 3.8) is 0 Å². The van der Waals surface area contributed by atoms with Gasteiger partial charge in [0.05, 0.1) is 5.92 Å². The molecule has 0 spiro atoms. The van der Waals surface area contributed by atoms with Gasteiger partial charge in [0.2, 0.25) is 0 Å². The van der Waals surface area contributed by atoms with E-state index in [4.69, 9.17) is 4.74 Å². The number of phenolic OH excluding ortho intramolecular Hbond substituents is 1. The van der Waals surface area contributed by atoms with Gasteiger partial charge in [0.1, 0.15) is 11.5 Å². The molecule has 0 bridgehead atoms. The summed E-state index contributed by atoms with van der Waals surface area (Å²) in [5, 5.41) is 11.4. The molecule has 0 heterocycles. The topological polar surface area (TPSA) is 46.5 Å². The minimum atomic E-state index is -0.215. The normalized spacial score (nSPS) is 13.8. The van der Waals surface area contributed by atoms with Crippen molar-refractivity contribution >= 4 is 16.7 Å². The summed E-state index contributed by atoms with van der Waals surface area (Å²) < 4.78 is 5.77. The van der Waals surface area contributed by atoms with Crippen LogP contribution in [0.2, 0.25) is 0 Å². The molecule has 130 valence electrons. The first-order valence-corrected chi connectivity index (χ1v) is 8.41. The highest BCUT2D eigenvalue weighted by molar-refractivity contribution is 5.94. The fourth-order valence-electron chi connectivity index (χ4n) is 2.89. The number of carbonyl (C=O) groups excluding carboxylic acids is 1. The molecule has 0 aliphatic carbocycles. The van der Waals surface area contributed by atoms with Gasteiger partial charge in [0.25, 0.3) is 0 Å². The molecule has 2 aromatic rings. The lowest BCUT2D eigenvalue weighted by atomic mass is 9.72. The van der Waals surface area contributed by atoms with Crippen LogP contribution >= 0.6 is 0 Å². The lowest BCUT2D eigenvalue weighted by Gasteiger charge is -2.33. The van der Waals surface area contributed by atoms with Gasteiger partial charge in [0.15, 0.2) is 0 Å². The van der Waals surface area contributed by atoms with Crippen molar-refractivity contribution in [1.82, 2.24) is 0 Å². The van der Waals surface area contributed by atoms with Crippen molar-refractivity contribution in [3.8, 4) is 11.5 Å². The third kappa shape index (κ3) is 4.28. The van der Waals surface area contributed by atoms with Crippen LogP contribution in [0.15, 0.2) is 36.4 Å². The molecule has 0 aliphatic heterocycles. The fourth-order valence-corrected chi connectivity index (χ4v) is 2.89. The lowest BCUT2D eigenvalue weighted by molar-refractivity contribution is -0.144. The van der Waals surface area contributed by atoms with Gasteiger partial charge in [-0.2, -0.15) is 0 Å².